The maximum atomic E-state index is 4.03. The molecule has 2 heterocycles. The summed E-state index contributed by atoms with van der Waals surface area (Å²) in [5.41, 5.74) is 1.01. The van der Waals surface area contributed by atoms with Crippen LogP contribution in [0.5, 0.6) is 0 Å². The molecule has 1 aliphatic heterocycles. The van der Waals surface area contributed by atoms with Gasteiger partial charge in [-0.05, 0) is 31.5 Å². The Morgan fingerprint density at radius 1 is 1.47 bits per heavy atom. The Hall–Kier alpha value is -1.00. The Kier molecular flexibility index (Phi) is 4.05. The maximum absolute atomic E-state index is 4.03. The van der Waals surface area contributed by atoms with Gasteiger partial charge in [0.2, 0.25) is 0 Å². The highest BCUT2D eigenvalue weighted by molar-refractivity contribution is 4.98. The smallest absolute Gasteiger partial charge is 0.0768 e. The molecule has 1 aromatic rings. The van der Waals surface area contributed by atoms with E-state index in [2.05, 4.69) is 20.8 Å². The van der Waals surface area contributed by atoms with Crippen LogP contribution in [0.25, 0.3) is 0 Å². The first-order chi connectivity index (χ1) is 7.45. The molecule has 0 amide bonds. The van der Waals surface area contributed by atoms with Gasteiger partial charge in [0.15, 0.2) is 0 Å². The number of nitrogens with one attached hydrogen (secondary N) is 2. The highest BCUT2D eigenvalue weighted by Gasteiger charge is 2.11. The molecule has 2 rings (SSSR count). The molecule has 15 heavy (non-hydrogen) atoms. The largest absolute Gasteiger partial charge is 0.313 e. The Morgan fingerprint density at radius 2 is 2.47 bits per heavy atom. The fourth-order valence-electron chi connectivity index (χ4n) is 1.90. The lowest BCUT2D eigenvalue weighted by Crippen LogP contribution is -2.41. The van der Waals surface area contributed by atoms with E-state index in [0.29, 0.717) is 6.04 Å². The minimum Gasteiger partial charge on any atom is -0.313 e. The first kappa shape index (κ1) is 10.5. The van der Waals surface area contributed by atoms with Gasteiger partial charge < -0.3 is 10.6 Å². The van der Waals surface area contributed by atoms with Crippen LogP contribution in [0, 0.1) is 0 Å². The molecule has 1 aromatic heterocycles. The van der Waals surface area contributed by atoms with E-state index >= 15 is 0 Å². The standard InChI is InChI=1S/C11H18N4/c1-2-6-13-10(4-1)8-12-9-11-5-3-7-14-15-11/h3,5,7,10,12-13H,1-2,4,6,8-9H2. The van der Waals surface area contributed by atoms with Crippen LogP contribution < -0.4 is 10.6 Å². The number of nitrogens with zero attached hydrogens (tertiary/aromatic N) is 2. The lowest BCUT2D eigenvalue weighted by molar-refractivity contribution is 0.382. The van der Waals surface area contributed by atoms with E-state index in [9.17, 15) is 0 Å². The number of rotatable bonds is 4. The Balaban J connectivity index is 1.66. The van der Waals surface area contributed by atoms with E-state index in [4.69, 9.17) is 0 Å². The molecule has 1 aliphatic rings. The van der Waals surface area contributed by atoms with Crippen LogP contribution in [0.2, 0.25) is 0 Å². The molecule has 1 atom stereocenters. The van der Waals surface area contributed by atoms with Crippen LogP contribution in [0.3, 0.4) is 0 Å². The summed E-state index contributed by atoms with van der Waals surface area (Å²) in [5.74, 6) is 0. The van der Waals surface area contributed by atoms with E-state index in [0.717, 1.165) is 25.3 Å². The van der Waals surface area contributed by atoms with E-state index in [1.165, 1.54) is 19.3 Å². The third-order valence-electron chi connectivity index (χ3n) is 2.74. The summed E-state index contributed by atoms with van der Waals surface area (Å²) in [5, 5.41) is 14.8. The van der Waals surface area contributed by atoms with Crippen molar-refractivity contribution in [3.8, 4) is 0 Å². The summed E-state index contributed by atoms with van der Waals surface area (Å²) in [6.07, 6.45) is 5.66. The van der Waals surface area contributed by atoms with Crippen molar-refractivity contribution in [2.75, 3.05) is 13.1 Å². The molecular weight excluding hydrogens is 188 g/mol. The van der Waals surface area contributed by atoms with Gasteiger partial charge in [-0.3, -0.25) is 0 Å². The average molecular weight is 206 g/mol. The van der Waals surface area contributed by atoms with Crippen molar-refractivity contribution in [2.24, 2.45) is 0 Å². The molecular formula is C11H18N4. The number of aromatic nitrogens is 2. The van der Waals surface area contributed by atoms with Crippen LogP contribution in [0.1, 0.15) is 25.0 Å². The van der Waals surface area contributed by atoms with Crippen LogP contribution in [0.15, 0.2) is 18.3 Å². The fraction of sp³-hybridized carbons (Fsp3) is 0.636. The van der Waals surface area contributed by atoms with Crippen molar-refractivity contribution in [2.45, 2.75) is 31.8 Å². The van der Waals surface area contributed by atoms with E-state index in [1.807, 2.05) is 12.1 Å². The second kappa shape index (κ2) is 5.78. The van der Waals surface area contributed by atoms with Gasteiger partial charge in [0.25, 0.3) is 0 Å². The molecule has 0 bridgehead atoms. The molecule has 1 saturated heterocycles. The van der Waals surface area contributed by atoms with Gasteiger partial charge in [-0.2, -0.15) is 10.2 Å². The van der Waals surface area contributed by atoms with Crippen molar-refractivity contribution in [3.63, 3.8) is 0 Å². The SMILES string of the molecule is c1cnnc(CNCC2CCCCN2)c1. The summed E-state index contributed by atoms with van der Waals surface area (Å²) < 4.78 is 0. The zero-order valence-electron chi connectivity index (χ0n) is 8.95. The number of hydrogen-bond donors (Lipinski definition) is 2. The monoisotopic (exact) mass is 206 g/mol. The summed E-state index contributed by atoms with van der Waals surface area (Å²) in [6, 6.07) is 4.55. The molecule has 1 unspecified atom stereocenters. The summed E-state index contributed by atoms with van der Waals surface area (Å²) >= 11 is 0. The van der Waals surface area contributed by atoms with Gasteiger partial charge >= 0.3 is 0 Å². The number of hydrogen-bond acceptors (Lipinski definition) is 4. The molecule has 82 valence electrons. The number of piperidine rings is 1. The average Bonchev–Trinajstić information content (AvgIpc) is 2.32. The van der Waals surface area contributed by atoms with Gasteiger partial charge in [0.05, 0.1) is 5.69 Å². The third kappa shape index (κ3) is 3.57. The lowest BCUT2D eigenvalue weighted by atomic mass is 10.1. The second-order valence-corrected chi connectivity index (χ2v) is 3.99. The maximum Gasteiger partial charge on any atom is 0.0768 e. The van der Waals surface area contributed by atoms with Gasteiger partial charge in [-0.15, -0.1) is 0 Å². The molecule has 0 spiro atoms. The minimum atomic E-state index is 0.635. The van der Waals surface area contributed by atoms with E-state index < -0.39 is 0 Å². The van der Waals surface area contributed by atoms with Crippen molar-refractivity contribution in [3.05, 3.63) is 24.0 Å². The van der Waals surface area contributed by atoms with E-state index in [1.54, 1.807) is 6.20 Å². The third-order valence-corrected chi connectivity index (χ3v) is 2.74. The second-order valence-electron chi connectivity index (χ2n) is 3.99. The molecule has 1 fully saturated rings. The van der Waals surface area contributed by atoms with Gasteiger partial charge in [0, 0.05) is 25.3 Å². The summed E-state index contributed by atoms with van der Waals surface area (Å²) in [6.45, 7) is 3.00. The lowest BCUT2D eigenvalue weighted by Gasteiger charge is -2.23. The zero-order chi connectivity index (χ0) is 10.3. The first-order valence-electron chi connectivity index (χ1n) is 5.66. The van der Waals surface area contributed by atoms with Crippen molar-refractivity contribution in [1.29, 1.82) is 0 Å². The molecule has 0 aromatic carbocycles. The highest BCUT2D eigenvalue weighted by atomic mass is 15.1. The normalized spacial score (nSPS) is 21.5. The van der Waals surface area contributed by atoms with Crippen molar-refractivity contribution < 1.29 is 0 Å². The quantitative estimate of drug-likeness (QED) is 0.761. The van der Waals surface area contributed by atoms with Gasteiger partial charge in [-0.25, -0.2) is 0 Å². The van der Waals surface area contributed by atoms with Gasteiger partial charge in [-0.1, -0.05) is 6.42 Å². The predicted octanol–water partition coefficient (Wildman–Crippen LogP) is 0.708. The van der Waals surface area contributed by atoms with Crippen LogP contribution in [0.4, 0.5) is 0 Å². The zero-order valence-corrected chi connectivity index (χ0v) is 8.95. The predicted molar refractivity (Wildman–Crippen MR) is 59.4 cm³/mol. The summed E-state index contributed by atoms with van der Waals surface area (Å²) in [4.78, 5) is 0. The first-order valence-corrected chi connectivity index (χ1v) is 5.66. The van der Waals surface area contributed by atoms with Crippen LogP contribution in [-0.4, -0.2) is 29.3 Å². The van der Waals surface area contributed by atoms with Gasteiger partial charge in [0.1, 0.15) is 0 Å². The van der Waals surface area contributed by atoms with Crippen molar-refractivity contribution in [1.82, 2.24) is 20.8 Å². The molecule has 0 saturated carbocycles. The van der Waals surface area contributed by atoms with E-state index in [-0.39, 0.29) is 0 Å². The topological polar surface area (TPSA) is 49.8 Å². The molecule has 0 aliphatic carbocycles. The molecule has 0 radical (unpaired) electrons. The Labute approximate surface area is 90.5 Å². The Morgan fingerprint density at radius 3 is 3.20 bits per heavy atom. The molecule has 4 heteroatoms. The molecule has 2 N–H and O–H groups in total. The Bertz CT molecular complexity index is 269. The summed E-state index contributed by atoms with van der Waals surface area (Å²) in [7, 11) is 0. The highest BCUT2D eigenvalue weighted by Crippen LogP contribution is 2.05. The minimum absolute atomic E-state index is 0.635. The molecule has 4 nitrogen and oxygen atoms in total. The van der Waals surface area contributed by atoms with Crippen LogP contribution in [-0.2, 0) is 6.54 Å². The van der Waals surface area contributed by atoms with Crippen LogP contribution >= 0.6 is 0 Å². The fourth-order valence-corrected chi connectivity index (χ4v) is 1.90. The van der Waals surface area contributed by atoms with Crippen molar-refractivity contribution >= 4 is 0 Å².